The molecule has 110 valence electrons. The van der Waals surface area contributed by atoms with Crippen LogP contribution in [0.2, 0.25) is 5.02 Å². The first-order chi connectivity index (χ1) is 9.81. The first-order valence-electron chi connectivity index (χ1n) is 5.46. The average Bonchev–Trinajstić information content (AvgIpc) is 2.37. The minimum absolute atomic E-state index is 0.0408. The molecule has 9 heteroatoms. The molecule has 1 aromatic carbocycles. The molecule has 0 fully saturated rings. The summed E-state index contributed by atoms with van der Waals surface area (Å²) < 4.78 is 39.9. The van der Waals surface area contributed by atoms with Crippen LogP contribution in [-0.4, -0.2) is 24.5 Å². The zero-order chi connectivity index (χ0) is 15.6. The predicted molar refractivity (Wildman–Crippen MR) is 73.4 cm³/mol. The first kappa shape index (κ1) is 15.2. The average molecular weight is 331 g/mol. The highest BCUT2D eigenvalue weighted by molar-refractivity contribution is 7.92. The number of benzene rings is 1. The predicted octanol–water partition coefficient (Wildman–Crippen LogP) is 2.37. The lowest BCUT2D eigenvalue weighted by Gasteiger charge is -2.10. The highest BCUT2D eigenvalue weighted by Crippen LogP contribution is 2.23. The molecule has 6 nitrogen and oxygen atoms in total. The Morgan fingerprint density at radius 1 is 1.33 bits per heavy atom. The quantitative estimate of drug-likeness (QED) is 0.897. The van der Waals surface area contributed by atoms with E-state index in [4.69, 9.17) is 16.7 Å². The van der Waals surface area contributed by atoms with Crippen LogP contribution in [0.15, 0.2) is 41.6 Å². The number of nitrogens with one attached hydrogen (secondary N) is 1. The van der Waals surface area contributed by atoms with Gasteiger partial charge in [-0.2, -0.15) is 0 Å². The van der Waals surface area contributed by atoms with E-state index in [1.165, 1.54) is 12.3 Å². The van der Waals surface area contributed by atoms with E-state index in [1.54, 1.807) is 0 Å². The molecule has 1 aromatic heterocycles. The second-order valence-electron chi connectivity index (χ2n) is 3.91. The van der Waals surface area contributed by atoms with Gasteiger partial charge in [0.15, 0.2) is 0 Å². The van der Waals surface area contributed by atoms with Crippen LogP contribution in [0.25, 0.3) is 0 Å². The third-order valence-electron chi connectivity index (χ3n) is 2.48. The van der Waals surface area contributed by atoms with E-state index < -0.39 is 26.7 Å². The number of anilines is 1. The minimum Gasteiger partial charge on any atom is -0.478 e. The minimum atomic E-state index is -4.30. The Hall–Kier alpha value is -2.19. The molecule has 0 spiro atoms. The number of rotatable bonds is 4. The van der Waals surface area contributed by atoms with Crippen LogP contribution in [0.4, 0.5) is 10.1 Å². The molecular weight excluding hydrogens is 323 g/mol. The Morgan fingerprint density at radius 2 is 2.05 bits per heavy atom. The van der Waals surface area contributed by atoms with Gasteiger partial charge in [0, 0.05) is 11.2 Å². The fraction of sp³-hybridized carbons (Fsp3) is 0. The van der Waals surface area contributed by atoms with E-state index in [0.29, 0.717) is 0 Å². The number of aromatic carboxylic acids is 1. The summed E-state index contributed by atoms with van der Waals surface area (Å²) >= 11 is 5.55. The molecule has 1 heterocycles. The van der Waals surface area contributed by atoms with Gasteiger partial charge in [0.05, 0.1) is 17.4 Å². The molecule has 0 saturated heterocycles. The van der Waals surface area contributed by atoms with E-state index in [1.807, 2.05) is 4.72 Å². The summed E-state index contributed by atoms with van der Waals surface area (Å²) in [5, 5.41) is 9.01. The van der Waals surface area contributed by atoms with Crippen molar-refractivity contribution < 1.29 is 22.7 Å². The Kier molecular flexibility index (Phi) is 4.10. The van der Waals surface area contributed by atoms with Gasteiger partial charge >= 0.3 is 5.97 Å². The number of aromatic nitrogens is 1. The smallest absolute Gasteiger partial charge is 0.337 e. The van der Waals surface area contributed by atoms with Crippen molar-refractivity contribution in [1.82, 2.24) is 4.98 Å². The van der Waals surface area contributed by atoms with E-state index in [-0.39, 0.29) is 16.3 Å². The summed E-state index contributed by atoms with van der Waals surface area (Å²) in [5.74, 6) is -2.39. The van der Waals surface area contributed by atoms with Gasteiger partial charge in [0.25, 0.3) is 10.0 Å². The molecule has 0 aliphatic carbocycles. The van der Waals surface area contributed by atoms with E-state index in [9.17, 15) is 17.6 Å². The monoisotopic (exact) mass is 330 g/mol. The van der Waals surface area contributed by atoms with Crippen molar-refractivity contribution >= 4 is 33.3 Å². The Balaban J connectivity index is 2.45. The second-order valence-corrected chi connectivity index (χ2v) is 5.99. The van der Waals surface area contributed by atoms with Crippen LogP contribution in [0.3, 0.4) is 0 Å². The third kappa shape index (κ3) is 3.29. The van der Waals surface area contributed by atoms with Gasteiger partial charge < -0.3 is 5.11 Å². The van der Waals surface area contributed by atoms with E-state index in [0.717, 1.165) is 24.4 Å². The molecular formula is C12H8ClFN2O4S. The van der Waals surface area contributed by atoms with Crippen LogP contribution in [0, 0.1) is 5.82 Å². The van der Waals surface area contributed by atoms with Crippen molar-refractivity contribution in [2.45, 2.75) is 4.90 Å². The highest BCUT2D eigenvalue weighted by atomic mass is 35.5. The number of hydrogen-bond acceptors (Lipinski definition) is 4. The SMILES string of the molecule is O=C(O)c1ccncc1NS(=O)(=O)c1ccc(Cl)cc1F. The number of pyridine rings is 1. The number of hydrogen-bond donors (Lipinski definition) is 2. The lowest BCUT2D eigenvalue weighted by Crippen LogP contribution is -2.17. The van der Waals surface area contributed by atoms with Crippen molar-refractivity contribution in [2.75, 3.05) is 4.72 Å². The van der Waals surface area contributed by atoms with Crippen molar-refractivity contribution in [2.24, 2.45) is 0 Å². The van der Waals surface area contributed by atoms with Crippen LogP contribution < -0.4 is 4.72 Å². The number of carboxylic acids is 1. The first-order valence-corrected chi connectivity index (χ1v) is 7.32. The van der Waals surface area contributed by atoms with Crippen molar-refractivity contribution in [3.8, 4) is 0 Å². The largest absolute Gasteiger partial charge is 0.478 e. The molecule has 0 atom stereocenters. The zero-order valence-corrected chi connectivity index (χ0v) is 11.8. The maximum Gasteiger partial charge on any atom is 0.337 e. The maximum atomic E-state index is 13.7. The zero-order valence-electron chi connectivity index (χ0n) is 10.2. The molecule has 2 rings (SSSR count). The molecule has 0 aliphatic rings. The topological polar surface area (TPSA) is 96.4 Å². The van der Waals surface area contributed by atoms with E-state index in [2.05, 4.69) is 4.98 Å². The molecule has 21 heavy (non-hydrogen) atoms. The van der Waals surface area contributed by atoms with Gasteiger partial charge in [-0.25, -0.2) is 17.6 Å². The lowest BCUT2D eigenvalue weighted by atomic mass is 10.2. The number of carboxylic acid groups (broad SMARTS) is 1. The molecule has 0 unspecified atom stereocenters. The molecule has 2 aromatic rings. The van der Waals surface area contributed by atoms with Gasteiger partial charge in [0.2, 0.25) is 0 Å². The standard InChI is InChI=1S/C12H8ClFN2O4S/c13-7-1-2-11(9(14)5-7)21(19,20)16-10-6-15-4-3-8(10)12(17)18/h1-6,16H,(H,17,18). The van der Waals surface area contributed by atoms with Gasteiger partial charge in [-0.3, -0.25) is 9.71 Å². The molecule has 0 amide bonds. The summed E-state index contributed by atoms with van der Waals surface area (Å²) in [6, 6.07) is 4.16. The number of carbonyl (C=O) groups is 1. The number of sulfonamides is 1. The van der Waals surface area contributed by atoms with Crippen LogP contribution >= 0.6 is 11.6 Å². The summed E-state index contributed by atoms with van der Waals surface area (Å²) in [6.07, 6.45) is 2.22. The Bertz CT molecular complexity index is 811. The molecule has 0 radical (unpaired) electrons. The highest BCUT2D eigenvalue weighted by Gasteiger charge is 2.22. The molecule has 0 bridgehead atoms. The van der Waals surface area contributed by atoms with Crippen LogP contribution in [0.5, 0.6) is 0 Å². The van der Waals surface area contributed by atoms with Gasteiger partial charge in [0.1, 0.15) is 10.7 Å². The molecule has 2 N–H and O–H groups in total. The number of nitrogens with zero attached hydrogens (tertiary/aromatic N) is 1. The second kappa shape index (κ2) is 5.66. The molecule has 0 saturated carbocycles. The fourth-order valence-electron chi connectivity index (χ4n) is 1.56. The Morgan fingerprint density at radius 3 is 2.67 bits per heavy atom. The summed E-state index contributed by atoms with van der Waals surface area (Å²) in [7, 11) is -4.30. The third-order valence-corrected chi connectivity index (χ3v) is 4.11. The summed E-state index contributed by atoms with van der Waals surface area (Å²) in [6.45, 7) is 0. The van der Waals surface area contributed by atoms with E-state index >= 15 is 0 Å². The van der Waals surface area contributed by atoms with Crippen LogP contribution in [-0.2, 0) is 10.0 Å². The van der Waals surface area contributed by atoms with Crippen molar-refractivity contribution in [3.63, 3.8) is 0 Å². The Labute approximate surface area is 124 Å². The normalized spacial score (nSPS) is 11.1. The fourth-order valence-corrected chi connectivity index (χ4v) is 2.84. The summed E-state index contributed by atoms with van der Waals surface area (Å²) in [5.41, 5.74) is -0.567. The van der Waals surface area contributed by atoms with Gasteiger partial charge in [-0.05, 0) is 24.3 Å². The van der Waals surface area contributed by atoms with Crippen LogP contribution in [0.1, 0.15) is 10.4 Å². The van der Waals surface area contributed by atoms with Gasteiger partial charge in [-0.15, -0.1) is 0 Å². The van der Waals surface area contributed by atoms with Crippen molar-refractivity contribution in [1.29, 1.82) is 0 Å². The number of halogens is 2. The lowest BCUT2D eigenvalue weighted by molar-refractivity contribution is 0.0698. The molecule has 0 aliphatic heterocycles. The summed E-state index contributed by atoms with van der Waals surface area (Å²) in [4.78, 5) is 14.0. The van der Waals surface area contributed by atoms with Gasteiger partial charge in [-0.1, -0.05) is 11.6 Å². The van der Waals surface area contributed by atoms with Crippen molar-refractivity contribution in [3.05, 3.63) is 53.1 Å². The maximum absolute atomic E-state index is 13.7.